The van der Waals surface area contributed by atoms with Gasteiger partial charge in [-0.05, 0) is 12.8 Å². The number of hydrogen-bond donors (Lipinski definition) is 1. The van der Waals surface area contributed by atoms with E-state index in [1.54, 1.807) is 4.57 Å². The number of aryl methyl sites for hydroxylation is 1. The van der Waals surface area contributed by atoms with Gasteiger partial charge in [-0.15, -0.1) is 11.3 Å². The van der Waals surface area contributed by atoms with Crippen LogP contribution in [-0.2, 0) is 6.54 Å². The number of thiophene rings is 1. The summed E-state index contributed by atoms with van der Waals surface area (Å²) in [6.07, 6.45) is 0. The van der Waals surface area contributed by atoms with E-state index in [1.807, 2.05) is 45.0 Å². The molecule has 0 radical (unpaired) electrons. The molecule has 0 spiro atoms. The van der Waals surface area contributed by atoms with Crippen LogP contribution in [-0.4, -0.2) is 20.6 Å². The van der Waals surface area contributed by atoms with E-state index in [0.717, 1.165) is 11.1 Å². The number of aromatic carboxylic acids is 1. The van der Waals surface area contributed by atoms with Crippen LogP contribution in [0.3, 0.4) is 0 Å². The Bertz CT molecular complexity index is 968. The highest BCUT2D eigenvalue weighted by Crippen LogP contribution is 2.26. The summed E-state index contributed by atoms with van der Waals surface area (Å²) >= 11 is 1.19. The molecule has 6 heteroatoms. The Morgan fingerprint density at radius 3 is 2.54 bits per heavy atom. The van der Waals surface area contributed by atoms with Crippen molar-refractivity contribution in [3.05, 3.63) is 51.1 Å². The van der Waals surface area contributed by atoms with Crippen molar-refractivity contribution in [1.82, 2.24) is 9.55 Å². The van der Waals surface area contributed by atoms with Crippen molar-refractivity contribution in [2.75, 3.05) is 0 Å². The Hall–Kier alpha value is -2.47. The second-order valence-corrected chi connectivity index (χ2v) is 7.10. The Morgan fingerprint density at radius 2 is 1.96 bits per heavy atom. The van der Waals surface area contributed by atoms with Crippen molar-refractivity contribution in [2.45, 2.75) is 27.3 Å². The summed E-state index contributed by atoms with van der Waals surface area (Å²) in [4.78, 5) is 29.4. The van der Waals surface area contributed by atoms with Crippen molar-refractivity contribution in [3.63, 3.8) is 0 Å². The summed E-state index contributed by atoms with van der Waals surface area (Å²) in [6.45, 7) is 6.52. The van der Waals surface area contributed by atoms with Crippen LogP contribution in [0.15, 0.2) is 34.4 Å². The highest BCUT2D eigenvalue weighted by Gasteiger charge is 2.20. The summed E-state index contributed by atoms with van der Waals surface area (Å²) < 4.78 is 1.59. The second-order valence-electron chi connectivity index (χ2n) is 6.25. The molecule has 5 nitrogen and oxygen atoms in total. The zero-order chi connectivity index (χ0) is 17.4. The Kier molecular flexibility index (Phi) is 4.24. The van der Waals surface area contributed by atoms with Crippen LogP contribution in [0.1, 0.15) is 29.8 Å². The van der Waals surface area contributed by atoms with Crippen LogP contribution < -0.4 is 5.56 Å². The van der Waals surface area contributed by atoms with Gasteiger partial charge in [0, 0.05) is 17.5 Å². The van der Waals surface area contributed by atoms with E-state index in [2.05, 4.69) is 4.98 Å². The molecule has 3 rings (SSSR count). The lowest BCUT2D eigenvalue weighted by molar-refractivity contribution is 0.0699. The fraction of sp³-hybridized carbons (Fsp3) is 0.278. The predicted molar refractivity (Wildman–Crippen MR) is 95.9 cm³/mol. The van der Waals surface area contributed by atoms with E-state index in [9.17, 15) is 14.7 Å². The molecule has 0 aliphatic rings. The smallest absolute Gasteiger partial charge is 0.337 e. The van der Waals surface area contributed by atoms with Crippen molar-refractivity contribution >= 4 is 27.5 Å². The standard InChI is InChI=1S/C18H18N2O3S/c1-10(2)8-20-15(12-6-4-11(3)5-7-12)19-16-14(17(20)21)13(9-24-16)18(22)23/h4-7,9-10H,8H2,1-3H3,(H,22,23). The highest BCUT2D eigenvalue weighted by molar-refractivity contribution is 7.17. The molecule has 0 aliphatic carbocycles. The number of nitrogens with zero attached hydrogens (tertiary/aromatic N) is 2. The zero-order valence-electron chi connectivity index (χ0n) is 13.7. The van der Waals surface area contributed by atoms with Gasteiger partial charge in [-0.2, -0.15) is 0 Å². The van der Waals surface area contributed by atoms with Crippen LogP contribution in [0.4, 0.5) is 0 Å². The third-order valence-electron chi connectivity index (χ3n) is 3.78. The fourth-order valence-electron chi connectivity index (χ4n) is 2.64. The number of aromatic nitrogens is 2. The molecule has 124 valence electrons. The number of benzene rings is 1. The summed E-state index contributed by atoms with van der Waals surface area (Å²) in [5.41, 5.74) is 1.72. The van der Waals surface area contributed by atoms with E-state index < -0.39 is 5.97 Å². The van der Waals surface area contributed by atoms with E-state index >= 15 is 0 Å². The van der Waals surface area contributed by atoms with E-state index in [-0.39, 0.29) is 22.4 Å². The first-order valence-corrected chi connectivity index (χ1v) is 8.58. The molecule has 0 fully saturated rings. The molecule has 0 atom stereocenters. The number of fused-ring (bicyclic) bond motifs is 1. The van der Waals surface area contributed by atoms with Crippen molar-refractivity contribution in [1.29, 1.82) is 0 Å². The molecule has 2 aromatic heterocycles. The summed E-state index contributed by atoms with van der Waals surface area (Å²) in [5.74, 6) is -0.280. The van der Waals surface area contributed by atoms with E-state index in [0.29, 0.717) is 17.2 Å². The highest BCUT2D eigenvalue weighted by atomic mass is 32.1. The zero-order valence-corrected chi connectivity index (χ0v) is 14.6. The average molecular weight is 342 g/mol. The van der Waals surface area contributed by atoms with Crippen LogP contribution in [0.5, 0.6) is 0 Å². The normalized spacial score (nSPS) is 11.3. The number of rotatable bonds is 4. The largest absolute Gasteiger partial charge is 0.478 e. The maximum atomic E-state index is 13.0. The summed E-state index contributed by atoms with van der Waals surface area (Å²) in [6, 6.07) is 7.82. The molecule has 0 amide bonds. The second kappa shape index (κ2) is 6.20. The van der Waals surface area contributed by atoms with Gasteiger partial charge in [-0.1, -0.05) is 43.7 Å². The van der Waals surface area contributed by atoms with Crippen molar-refractivity contribution < 1.29 is 9.90 Å². The van der Waals surface area contributed by atoms with Gasteiger partial charge < -0.3 is 5.11 Å². The minimum Gasteiger partial charge on any atom is -0.478 e. The molecular weight excluding hydrogens is 324 g/mol. The lowest BCUT2D eigenvalue weighted by atomic mass is 10.1. The van der Waals surface area contributed by atoms with Crippen molar-refractivity contribution in [3.8, 4) is 11.4 Å². The summed E-state index contributed by atoms with van der Waals surface area (Å²) in [5, 5.41) is 11.0. The monoisotopic (exact) mass is 342 g/mol. The number of carbonyl (C=O) groups is 1. The van der Waals surface area contributed by atoms with Crippen LogP contribution in [0.2, 0.25) is 0 Å². The minimum absolute atomic E-state index is 0.0282. The molecule has 1 N–H and O–H groups in total. The first-order valence-electron chi connectivity index (χ1n) is 7.71. The Morgan fingerprint density at radius 1 is 1.29 bits per heavy atom. The summed E-state index contributed by atoms with van der Waals surface area (Å²) in [7, 11) is 0. The van der Waals surface area contributed by atoms with Gasteiger partial charge in [0.05, 0.1) is 10.9 Å². The van der Waals surface area contributed by atoms with Crippen LogP contribution in [0, 0.1) is 12.8 Å². The van der Waals surface area contributed by atoms with Gasteiger partial charge in [-0.3, -0.25) is 9.36 Å². The molecule has 1 aromatic carbocycles. The van der Waals surface area contributed by atoms with Gasteiger partial charge in [0.1, 0.15) is 10.7 Å². The molecule has 0 saturated heterocycles. The minimum atomic E-state index is -1.10. The van der Waals surface area contributed by atoms with Crippen molar-refractivity contribution in [2.24, 2.45) is 5.92 Å². The number of hydrogen-bond acceptors (Lipinski definition) is 4. The molecule has 0 saturated carbocycles. The maximum Gasteiger partial charge on any atom is 0.337 e. The van der Waals surface area contributed by atoms with Gasteiger partial charge >= 0.3 is 5.97 Å². The average Bonchev–Trinajstić information content (AvgIpc) is 2.95. The molecule has 3 aromatic rings. The van der Waals surface area contributed by atoms with E-state index in [4.69, 9.17) is 0 Å². The molecule has 0 aliphatic heterocycles. The number of carboxylic acid groups (broad SMARTS) is 1. The van der Waals surface area contributed by atoms with Crippen LogP contribution >= 0.6 is 11.3 Å². The molecule has 0 bridgehead atoms. The Balaban J connectivity index is 2.34. The maximum absolute atomic E-state index is 13.0. The quantitative estimate of drug-likeness (QED) is 0.783. The van der Waals surface area contributed by atoms with Gasteiger partial charge in [0.25, 0.3) is 5.56 Å². The molecule has 2 heterocycles. The first-order chi connectivity index (χ1) is 11.4. The molecule has 0 unspecified atom stereocenters. The first kappa shape index (κ1) is 16.4. The SMILES string of the molecule is Cc1ccc(-c2nc3scc(C(=O)O)c3c(=O)n2CC(C)C)cc1. The van der Waals surface area contributed by atoms with Gasteiger partial charge in [-0.25, -0.2) is 9.78 Å². The topological polar surface area (TPSA) is 72.2 Å². The molecular formula is C18H18N2O3S. The Labute approximate surface area is 143 Å². The lowest BCUT2D eigenvalue weighted by Crippen LogP contribution is -2.26. The third kappa shape index (κ3) is 2.85. The fourth-order valence-corrected chi connectivity index (χ4v) is 3.54. The van der Waals surface area contributed by atoms with Crippen LogP contribution in [0.25, 0.3) is 21.6 Å². The molecule has 24 heavy (non-hydrogen) atoms. The lowest BCUT2D eigenvalue weighted by Gasteiger charge is -2.15. The number of carboxylic acids is 1. The van der Waals surface area contributed by atoms with Gasteiger partial charge in [0.2, 0.25) is 0 Å². The van der Waals surface area contributed by atoms with E-state index in [1.165, 1.54) is 16.7 Å². The third-order valence-corrected chi connectivity index (χ3v) is 4.65. The predicted octanol–water partition coefficient (Wildman–Crippen LogP) is 3.79. The van der Waals surface area contributed by atoms with Gasteiger partial charge in [0.15, 0.2) is 0 Å².